The number of carbonyl (C=O) groups excluding carboxylic acids is 1. The SMILES string of the molecule is Cl.NC1CCC2CN(C(=O)c3cc(Cl)ccc3Br)CC12. The average molecular weight is 380 g/mol. The first-order valence-corrected chi connectivity index (χ1v) is 7.73. The molecule has 2 N–H and O–H groups in total. The first-order chi connectivity index (χ1) is 9.06. The zero-order valence-electron chi connectivity index (χ0n) is 10.9. The Morgan fingerprint density at radius 2 is 2.10 bits per heavy atom. The second-order valence-corrected chi connectivity index (χ2v) is 6.79. The summed E-state index contributed by atoms with van der Waals surface area (Å²) >= 11 is 9.40. The highest BCUT2D eigenvalue weighted by molar-refractivity contribution is 9.10. The van der Waals surface area contributed by atoms with Crippen LogP contribution in [0, 0.1) is 11.8 Å². The lowest BCUT2D eigenvalue weighted by Gasteiger charge is -2.19. The Bertz CT molecular complexity index is 526. The van der Waals surface area contributed by atoms with Gasteiger partial charge in [-0.25, -0.2) is 0 Å². The molecule has 1 heterocycles. The third-order valence-corrected chi connectivity index (χ3v) is 5.28. The average Bonchev–Trinajstić information content (AvgIpc) is 2.94. The molecular weight excluding hydrogens is 363 g/mol. The molecule has 0 spiro atoms. The summed E-state index contributed by atoms with van der Waals surface area (Å²) in [5, 5.41) is 0.586. The number of amides is 1. The van der Waals surface area contributed by atoms with Crippen LogP contribution in [0.2, 0.25) is 5.02 Å². The van der Waals surface area contributed by atoms with Crippen molar-refractivity contribution < 1.29 is 4.79 Å². The van der Waals surface area contributed by atoms with Crippen molar-refractivity contribution >= 4 is 45.8 Å². The van der Waals surface area contributed by atoms with Gasteiger partial charge in [-0.05, 0) is 58.8 Å². The number of hydrogen-bond acceptors (Lipinski definition) is 2. The Labute approximate surface area is 138 Å². The van der Waals surface area contributed by atoms with Crippen LogP contribution in [0.25, 0.3) is 0 Å². The van der Waals surface area contributed by atoms with Gasteiger partial charge in [-0.1, -0.05) is 11.6 Å². The van der Waals surface area contributed by atoms with Crippen LogP contribution in [0.15, 0.2) is 22.7 Å². The van der Waals surface area contributed by atoms with Crippen LogP contribution in [0.1, 0.15) is 23.2 Å². The van der Waals surface area contributed by atoms with Crippen LogP contribution >= 0.6 is 39.9 Å². The molecule has 0 radical (unpaired) electrons. The van der Waals surface area contributed by atoms with Crippen molar-refractivity contribution in [2.45, 2.75) is 18.9 Å². The number of likely N-dealkylation sites (tertiary alicyclic amines) is 1. The smallest absolute Gasteiger partial charge is 0.255 e. The molecular formula is C14H17BrCl2N2O. The van der Waals surface area contributed by atoms with E-state index in [2.05, 4.69) is 15.9 Å². The Hall–Kier alpha value is -0.290. The van der Waals surface area contributed by atoms with Crippen LogP contribution < -0.4 is 5.73 Å². The molecule has 3 atom stereocenters. The fraction of sp³-hybridized carbons (Fsp3) is 0.500. The molecule has 0 aromatic heterocycles. The van der Waals surface area contributed by atoms with E-state index in [-0.39, 0.29) is 24.4 Å². The highest BCUT2D eigenvalue weighted by Crippen LogP contribution is 2.38. The zero-order valence-corrected chi connectivity index (χ0v) is 14.0. The Morgan fingerprint density at radius 3 is 2.80 bits per heavy atom. The fourth-order valence-electron chi connectivity index (χ4n) is 3.31. The van der Waals surface area contributed by atoms with Crippen LogP contribution in [-0.2, 0) is 0 Å². The van der Waals surface area contributed by atoms with Crippen LogP contribution in [-0.4, -0.2) is 29.9 Å². The molecule has 3 rings (SSSR count). The largest absolute Gasteiger partial charge is 0.338 e. The van der Waals surface area contributed by atoms with Gasteiger partial charge in [0.1, 0.15) is 0 Å². The van der Waals surface area contributed by atoms with Gasteiger partial charge in [-0.3, -0.25) is 4.79 Å². The predicted molar refractivity (Wildman–Crippen MR) is 86.5 cm³/mol. The Morgan fingerprint density at radius 1 is 1.35 bits per heavy atom. The summed E-state index contributed by atoms with van der Waals surface area (Å²) in [4.78, 5) is 14.5. The number of halogens is 3. The normalized spacial score (nSPS) is 28.1. The second kappa shape index (κ2) is 6.22. The minimum Gasteiger partial charge on any atom is -0.338 e. The van der Waals surface area contributed by atoms with Gasteiger partial charge >= 0.3 is 0 Å². The highest BCUT2D eigenvalue weighted by atomic mass is 79.9. The molecule has 1 saturated carbocycles. The van der Waals surface area contributed by atoms with E-state index >= 15 is 0 Å². The maximum atomic E-state index is 12.6. The summed E-state index contributed by atoms with van der Waals surface area (Å²) in [7, 11) is 0. The molecule has 3 unspecified atom stereocenters. The Balaban J connectivity index is 0.00000147. The molecule has 6 heteroatoms. The lowest BCUT2D eigenvalue weighted by molar-refractivity contribution is 0.0778. The van der Waals surface area contributed by atoms with Gasteiger partial charge in [0.15, 0.2) is 0 Å². The summed E-state index contributed by atoms with van der Waals surface area (Å²) in [5.41, 5.74) is 6.75. The van der Waals surface area contributed by atoms with Gasteiger partial charge in [0.25, 0.3) is 5.91 Å². The Kier molecular flexibility index (Phi) is 5.00. The lowest BCUT2D eigenvalue weighted by Crippen LogP contribution is -2.33. The number of nitrogens with zero attached hydrogens (tertiary/aromatic N) is 1. The third kappa shape index (κ3) is 2.84. The number of hydrogen-bond donors (Lipinski definition) is 1. The van der Waals surface area contributed by atoms with Crippen molar-refractivity contribution in [3.8, 4) is 0 Å². The van der Waals surface area contributed by atoms with Gasteiger partial charge in [0, 0.05) is 28.6 Å². The predicted octanol–water partition coefficient (Wildman–Crippen LogP) is 3.33. The van der Waals surface area contributed by atoms with Crippen molar-refractivity contribution in [1.82, 2.24) is 4.90 Å². The van der Waals surface area contributed by atoms with E-state index in [4.69, 9.17) is 17.3 Å². The monoisotopic (exact) mass is 378 g/mol. The van der Waals surface area contributed by atoms with Crippen molar-refractivity contribution in [3.05, 3.63) is 33.3 Å². The summed E-state index contributed by atoms with van der Waals surface area (Å²) in [6.45, 7) is 1.61. The molecule has 3 nitrogen and oxygen atoms in total. The molecule has 1 amide bonds. The number of fused-ring (bicyclic) bond motifs is 1. The zero-order chi connectivity index (χ0) is 13.6. The second-order valence-electron chi connectivity index (χ2n) is 5.50. The van der Waals surface area contributed by atoms with Crippen molar-refractivity contribution in [2.75, 3.05) is 13.1 Å². The summed E-state index contributed by atoms with van der Waals surface area (Å²) in [6.07, 6.45) is 2.24. The number of carbonyl (C=O) groups is 1. The quantitative estimate of drug-likeness (QED) is 0.813. The van der Waals surface area contributed by atoms with Crippen molar-refractivity contribution in [1.29, 1.82) is 0 Å². The molecule has 110 valence electrons. The molecule has 1 aromatic carbocycles. The molecule has 2 fully saturated rings. The van der Waals surface area contributed by atoms with Crippen molar-refractivity contribution in [2.24, 2.45) is 17.6 Å². The minimum absolute atomic E-state index is 0. The number of nitrogens with two attached hydrogens (primary N) is 1. The molecule has 20 heavy (non-hydrogen) atoms. The third-order valence-electron chi connectivity index (χ3n) is 4.36. The van der Waals surface area contributed by atoms with Crippen LogP contribution in [0.3, 0.4) is 0 Å². The maximum Gasteiger partial charge on any atom is 0.255 e. The topological polar surface area (TPSA) is 46.3 Å². The maximum absolute atomic E-state index is 12.6. The lowest BCUT2D eigenvalue weighted by atomic mass is 9.98. The summed E-state index contributed by atoms with van der Waals surface area (Å²) < 4.78 is 0.795. The fourth-order valence-corrected chi connectivity index (χ4v) is 3.89. The number of rotatable bonds is 1. The first-order valence-electron chi connectivity index (χ1n) is 6.56. The molecule has 1 aliphatic carbocycles. The van der Waals surface area contributed by atoms with E-state index < -0.39 is 0 Å². The van der Waals surface area contributed by atoms with E-state index in [1.165, 1.54) is 0 Å². The molecule has 2 aliphatic rings. The van der Waals surface area contributed by atoms with E-state index in [1.807, 2.05) is 11.0 Å². The van der Waals surface area contributed by atoms with Gasteiger partial charge < -0.3 is 10.6 Å². The van der Waals surface area contributed by atoms with Gasteiger partial charge in [-0.2, -0.15) is 0 Å². The first kappa shape index (κ1) is 16.1. The molecule has 1 saturated heterocycles. The summed E-state index contributed by atoms with van der Waals surface area (Å²) in [5.74, 6) is 1.11. The van der Waals surface area contributed by atoms with Gasteiger partial charge in [0.2, 0.25) is 0 Å². The van der Waals surface area contributed by atoms with Crippen molar-refractivity contribution in [3.63, 3.8) is 0 Å². The van der Waals surface area contributed by atoms with Gasteiger partial charge in [-0.15, -0.1) is 12.4 Å². The van der Waals surface area contributed by atoms with E-state index in [9.17, 15) is 4.79 Å². The van der Waals surface area contributed by atoms with Crippen LogP contribution in [0.5, 0.6) is 0 Å². The molecule has 0 bridgehead atoms. The minimum atomic E-state index is 0. The summed E-state index contributed by atoms with van der Waals surface area (Å²) in [6, 6.07) is 5.57. The molecule has 1 aliphatic heterocycles. The highest BCUT2D eigenvalue weighted by Gasteiger charge is 2.42. The van der Waals surface area contributed by atoms with Gasteiger partial charge in [0.05, 0.1) is 5.56 Å². The molecule has 1 aromatic rings. The standard InChI is InChI=1S/C14H16BrClN2O.ClH/c15-12-3-2-9(16)5-10(12)14(19)18-6-8-1-4-13(17)11(8)7-18;/h2-3,5,8,11,13H,1,4,6-7,17H2;1H. The van der Waals surface area contributed by atoms with Crippen LogP contribution in [0.4, 0.5) is 0 Å². The van der Waals surface area contributed by atoms with E-state index in [0.29, 0.717) is 22.4 Å². The number of benzene rings is 1. The van der Waals surface area contributed by atoms with E-state index in [1.54, 1.807) is 12.1 Å². The van der Waals surface area contributed by atoms with E-state index in [0.717, 1.165) is 30.4 Å².